The molecule has 0 aromatic rings. The maximum absolute atomic E-state index is 14.1. The Morgan fingerprint density at radius 1 is 1.02 bits per heavy atom. The number of Topliss-reactive ketones (excluding diaryl/α,β-unsaturated/α-hetero) is 1. The van der Waals surface area contributed by atoms with Crippen LogP contribution >= 0.6 is 0 Å². The first-order valence-electron chi connectivity index (χ1n) is 14.2. The molecule has 0 spiro atoms. The number of nitrogens with two attached hydrogens (primary N) is 1. The number of carbonyl (C=O) groups is 5. The van der Waals surface area contributed by atoms with E-state index in [1.807, 2.05) is 13.8 Å². The monoisotopic (exact) mass is 568 g/mol. The minimum atomic E-state index is -2.83. The zero-order chi connectivity index (χ0) is 29.8. The molecule has 3 saturated carbocycles. The Morgan fingerprint density at radius 2 is 1.62 bits per heavy atom. The van der Waals surface area contributed by atoms with E-state index in [1.165, 1.54) is 4.90 Å². The lowest BCUT2D eigenvalue weighted by molar-refractivity contribution is -0.145. The van der Waals surface area contributed by atoms with Gasteiger partial charge in [-0.3, -0.25) is 19.2 Å². The minimum Gasteiger partial charge on any atom is -0.444 e. The average Bonchev–Trinajstić information content (AvgIpc) is 3.67. The van der Waals surface area contributed by atoms with Gasteiger partial charge in [0, 0.05) is 19.4 Å². The van der Waals surface area contributed by atoms with Crippen LogP contribution in [0.2, 0.25) is 0 Å². The number of alkyl carbamates (subject to hydrolysis) is 1. The smallest absolute Gasteiger partial charge is 0.408 e. The number of nitrogens with zero attached hydrogens (tertiary/aromatic N) is 1. The van der Waals surface area contributed by atoms with Gasteiger partial charge >= 0.3 is 6.09 Å². The number of amides is 4. The highest BCUT2D eigenvalue weighted by Gasteiger charge is 2.70. The van der Waals surface area contributed by atoms with E-state index in [0.29, 0.717) is 6.42 Å². The topological polar surface area (TPSA) is 148 Å². The molecule has 3 aliphatic carbocycles. The number of rotatable bonds is 9. The maximum atomic E-state index is 14.1. The van der Waals surface area contributed by atoms with Crippen LogP contribution in [0.15, 0.2) is 0 Å². The van der Waals surface area contributed by atoms with Crippen molar-refractivity contribution in [2.45, 2.75) is 109 Å². The predicted octanol–water partition coefficient (Wildman–Crippen LogP) is 2.53. The van der Waals surface area contributed by atoms with Gasteiger partial charge < -0.3 is 26.0 Å². The van der Waals surface area contributed by atoms with Crippen molar-refractivity contribution in [3.8, 4) is 0 Å². The Kier molecular flexibility index (Phi) is 7.96. The standard InChI is InChI=1S/C28H42F2N4O6/c1-26(2,3)40-25(39)33-19(15-8-10-28(29,30)11-9-15)24(38)34-13-16-18(27(16,4)5)20(34)23(37)32-17(12-14-6-7-14)21(35)22(31)36/h14-20H,6-13H2,1-5H3,(H2,31,36)(H,32,37)(H,33,39). The number of hydrogen-bond acceptors (Lipinski definition) is 6. The van der Waals surface area contributed by atoms with Crippen LogP contribution in [-0.4, -0.2) is 70.7 Å². The first-order chi connectivity index (χ1) is 18.4. The molecule has 0 radical (unpaired) electrons. The summed E-state index contributed by atoms with van der Waals surface area (Å²) in [5.74, 6) is -6.47. The highest BCUT2D eigenvalue weighted by Crippen LogP contribution is 2.65. The van der Waals surface area contributed by atoms with E-state index in [9.17, 15) is 32.8 Å². The minimum absolute atomic E-state index is 0.0128. The summed E-state index contributed by atoms with van der Waals surface area (Å²) < 4.78 is 33.3. The molecule has 224 valence electrons. The number of fused-ring (bicyclic) bond motifs is 1. The zero-order valence-corrected chi connectivity index (χ0v) is 23.9. The van der Waals surface area contributed by atoms with Gasteiger partial charge in [-0.25, -0.2) is 13.6 Å². The molecule has 40 heavy (non-hydrogen) atoms. The van der Waals surface area contributed by atoms with Crippen molar-refractivity contribution < 1.29 is 37.5 Å². The van der Waals surface area contributed by atoms with Crippen LogP contribution in [0, 0.1) is 29.1 Å². The fourth-order valence-electron chi connectivity index (χ4n) is 6.55. The van der Waals surface area contributed by atoms with E-state index in [-0.39, 0.29) is 42.6 Å². The van der Waals surface area contributed by atoms with Gasteiger partial charge in [0.25, 0.3) is 5.91 Å². The number of nitrogens with one attached hydrogen (secondary N) is 2. The number of alkyl halides is 2. The lowest BCUT2D eigenvalue weighted by Crippen LogP contribution is -2.60. The van der Waals surface area contributed by atoms with E-state index >= 15 is 0 Å². The first-order valence-corrected chi connectivity index (χ1v) is 14.2. The van der Waals surface area contributed by atoms with Gasteiger partial charge in [-0.05, 0) is 69.1 Å². The molecule has 1 saturated heterocycles. The number of halogens is 2. The lowest BCUT2D eigenvalue weighted by atomic mass is 9.81. The third-order valence-electron chi connectivity index (χ3n) is 9.07. The van der Waals surface area contributed by atoms with Gasteiger partial charge in [-0.15, -0.1) is 0 Å². The van der Waals surface area contributed by atoms with E-state index in [2.05, 4.69) is 10.6 Å². The molecular formula is C28H42F2N4O6. The largest absolute Gasteiger partial charge is 0.444 e. The van der Waals surface area contributed by atoms with Crippen molar-refractivity contribution in [1.29, 1.82) is 0 Å². The number of likely N-dealkylation sites (tertiary alicyclic amines) is 1. The highest BCUT2D eigenvalue weighted by molar-refractivity contribution is 6.37. The van der Waals surface area contributed by atoms with Crippen molar-refractivity contribution in [1.82, 2.24) is 15.5 Å². The number of ether oxygens (including phenoxy) is 1. The van der Waals surface area contributed by atoms with Crippen LogP contribution < -0.4 is 16.4 Å². The molecule has 4 rings (SSSR count). The van der Waals surface area contributed by atoms with E-state index in [1.54, 1.807) is 20.8 Å². The van der Waals surface area contributed by atoms with Crippen LogP contribution in [0.5, 0.6) is 0 Å². The Hall–Kier alpha value is -2.79. The number of carbonyl (C=O) groups excluding carboxylic acids is 5. The fourth-order valence-corrected chi connectivity index (χ4v) is 6.55. The Balaban J connectivity index is 1.57. The van der Waals surface area contributed by atoms with Crippen molar-refractivity contribution >= 4 is 29.6 Å². The van der Waals surface area contributed by atoms with Crippen molar-refractivity contribution in [2.24, 2.45) is 34.8 Å². The predicted molar refractivity (Wildman–Crippen MR) is 140 cm³/mol. The van der Waals surface area contributed by atoms with Crippen molar-refractivity contribution in [3.63, 3.8) is 0 Å². The number of hydrogen-bond donors (Lipinski definition) is 3. The second kappa shape index (κ2) is 10.6. The molecule has 1 heterocycles. The Morgan fingerprint density at radius 3 is 2.15 bits per heavy atom. The normalized spacial score (nSPS) is 28.6. The van der Waals surface area contributed by atoms with Crippen molar-refractivity contribution in [2.75, 3.05) is 6.54 Å². The molecule has 4 amide bonds. The van der Waals surface area contributed by atoms with Gasteiger partial charge in [0.05, 0.1) is 6.04 Å². The maximum Gasteiger partial charge on any atom is 0.408 e. The molecule has 0 aromatic carbocycles. The van der Waals surface area contributed by atoms with Gasteiger partial charge in [0.15, 0.2) is 0 Å². The van der Waals surface area contributed by atoms with Crippen LogP contribution in [0.1, 0.15) is 79.6 Å². The van der Waals surface area contributed by atoms with Gasteiger partial charge in [-0.1, -0.05) is 26.7 Å². The summed E-state index contributed by atoms with van der Waals surface area (Å²) in [5, 5.41) is 5.32. The summed E-state index contributed by atoms with van der Waals surface area (Å²) in [6.07, 6.45) is 0.480. The molecule has 5 atom stereocenters. The van der Waals surface area contributed by atoms with E-state index in [4.69, 9.17) is 10.5 Å². The SMILES string of the molecule is CC(C)(C)OC(=O)NC(C(=O)N1CC2C(C1C(=O)NC(CC1CC1)C(=O)C(N)=O)C2(C)C)C1CCC(F)(F)CC1. The number of ketones is 1. The molecule has 5 unspecified atom stereocenters. The molecule has 4 fully saturated rings. The molecule has 0 bridgehead atoms. The number of piperidine rings is 1. The molecule has 4 N–H and O–H groups in total. The van der Waals surface area contributed by atoms with E-state index in [0.717, 1.165) is 12.8 Å². The summed E-state index contributed by atoms with van der Waals surface area (Å²) in [7, 11) is 0. The van der Waals surface area contributed by atoms with Crippen LogP contribution in [0.3, 0.4) is 0 Å². The summed E-state index contributed by atoms with van der Waals surface area (Å²) in [6, 6.07) is -3.18. The molecule has 4 aliphatic rings. The molecule has 10 nitrogen and oxygen atoms in total. The fraction of sp³-hybridized carbons (Fsp3) is 0.821. The third kappa shape index (κ3) is 6.57. The summed E-state index contributed by atoms with van der Waals surface area (Å²) in [5.41, 5.74) is 4.16. The third-order valence-corrected chi connectivity index (χ3v) is 9.07. The van der Waals surface area contributed by atoms with Crippen LogP contribution in [-0.2, 0) is 23.9 Å². The second-order valence-electron chi connectivity index (χ2n) is 13.7. The zero-order valence-electron chi connectivity index (χ0n) is 23.9. The molecule has 12 heteroatoms. The first kappa shape index (κ1) is 30.2. The second-order valence-corrected chi connectivity index (χ2v) is 13.7. The van der Waals surface area contributed by atoms with E-state index < -0.39 is 78.0 Å². The number of primary amides is 1. The molecule has 0 aromatic heterocycles. The molecular weight excluding hydrogens is 526 g/mol. The lowest BCUT2D eigenvalue weighted by Gasteiger charge is -2.38. The van der Waals surface area contributed by atoms with Gasteiger partial charge in [-0.2, -0.15) is 0 Å². The molecule has 1 aliphatic heterocycles. The Labute approximate surface area is 233 Å². The Bertz CT molecular complexity index is 1060. The van der Waals surface area contributed by atoms with Crippen LogP contribution in [0.25, 0.3) is 0 Å². The van der Waals surface area contributed by atoms with Crippen molar-refractivity contribution in [3.05, 3.63) is 0 Å². The summed E-state index contributed by atoms with van der Waals surface area (Å²) >= 11 is 0. The average molecular weight is 569 g/mol. The van der Waals surface area contributed by atoms with Gasteiger partial charge in [0.1, 0.15) is 17.7 Å². The van der Waals surface area contributed by atoms with Gasteiger partial charge in [0.2, 0.25) is 23.5 Å². The highest BCUT2D eigenvalue weighted by atomic mass is 19.3. The summed E-state index contributed by atoms with van der Waals surface area (Å²) in [6.45, 7) is 9.27. The van der Waals surface area contributed by atoms with Crippen LogP contribution in [0.4, 0.5) is 13.6 Å². The summed E-state index contributed by atoms with van der Waals surface area (Å²) in [4.78, 5) is 66.1. The quantitative estimate of drug-likeness (QED) is 0.364.